The highest BCUT2D eigenvalue weighted by molar-refractivity contribution is 14.1. The van der Waals surface area contributed by atoms with Crippen LogP contribution in [0.15, 0.2) is 35.5 Å². The Labute approximate surface area is 137 Å². The number of urea groups is 1. The molecule has 1 aliphatic rings. The largest absolute Gasteiger partial charge is 0.463 e. The standard InChI is InChI=1S/C15H17IN2O3/c1-4-21-14(19)12-9(2)18(3)15(20)17-13(12)10-7-5-6-8-11(10)16/h5-8,13H,4H2,1-3H3,(H,17,20)/t13-/m0/s1. The smallest absolute Gasteiger partial charge is 0.338 e. The van der Waals surface area contributed by atoms with Crippen molar-refractivity contribution in [1.29, 1.82) is 0 Å². The zero-order valence-electron chi connectivity index (χ0n) is 12.1. The van der Waals surface area contributed by atoms with Gasteiger partial charge in [-0.15, -0.1) is 0 Å². The van der Waals surface area contributed by atoms with E-state index in [1.807, 2.05) is 24.3 Å². The van der Waals surface area contributed by atoms with Crippen LogP contribution in [0.5, 0.6) is 0 Å². The molecular weight excluding hydrogens is 383 g/mol. The molecule has 0 aromatic heterocycles. The van der Waals surface area contributed by atoms with E-state index in [2.05, 4.69) is 27.9 Å². The van der Waals surface area contributed by atoms with Crippen molar-refractivity contribution in [2.45, 2.75) is 19.9 Å². The Balaban J connectivity index is 2.54. The average molecular weight is 400 g/mol. The number of nitrogens with zero attached hydrogens (tertiary/aromatic N) is 1. The van der Waals surface area contributed by atoms with E-state index >= 15 is 0 Å². The second-order valence-corrected chi connectivity index (χ2v) is 5.84. The predicted octanol–water partition coefficient (Wildman–Crippen LogP) is 2.82. The Morgan fingerprint density at radius 3 is 2.71 bits per heavy atom. The van der Waals surface area contributed by atoms with Crippen LogP contribution in [0, 0.1) is 3.57 Å². The second-order valence-electron chi connectivity index (χ2n) is 4.68. The highest BCUT2D eigenvalue weighted by Crippen LogP contribution is 2.32. The number of allylic oxidation sites excluding steroid dienone is 1. The lowest BCUT2D eigenvalue weighted by Crippen LogP contribution is -2.46. The topological polar surface area (TPSA) is 58.6 Å². The molecule has 1 heterocycles. The SMILES string of the molecule is CCOC(=O)C1=C(C)N(C)C(=O)N[C@H]1c1ccccc1I. The lowest BCUT2D eigenvalue weighted by atomic mass is 9.95. The van der Waals surface area contributed by atoms with Gasteiger partial charge in [-0.25, -0.2) is 9.59 Å². The number of amides is 2. The quantitative estimate of drug-likeness (QED) is 0.627. The molecule has 2 rings (SSSR count). The van der Waals surface area contributed by atoms with Gasteiger partial charge in [0, 0.05) is 16.3 Å². The van der Waals surface area contributed by atoms with Crippen molar-refractivity contribution >= 4 is 34.6 Å². The molecule has 6 heteroatoms. The summed E-state index contributed by atoms with van der Waals surface area (Å²) < 4.78 is 6.14. The molecule has 0 fully saturated rings. The summed E-state index contributed by atoms with van der Waals surface area (Å²) in [4.78, 5) is 25.8. The molecule has 112 valence electrons. The Morgan fingerprint density at radius 2 is 2.10 bits per heavy atom. The first-order valence-electron chi connectivity index (χ1n) is 6.63. The van der Waals surface area contributed by atoms with Gasteiger partial charge in [0.1, 0.15) is 0 Å². The monoisotopic (exact) mass is 400 g/mol. The van der Waals surface area contributed by atoms with Gasteiger partial charge in [0.15, 0.2) is 0 Å². The average Bonchev–Trinajstić information content (AvgIpc) is 2.45. The molecule has 0 radical (unpaired) electrons. The van der Waals surface area contributed by atoms with Crippen molar-refractivity contribution in [2.24, 2.45) is 0 Å². The number of ether oxygens (including phenoxy) is 1. The number of nitrogens with one attached hydrogen (secondary N) is 1. The Hall–Kier alpha value is -1.57. The van der Waals surface area contributed by atoms with E-state index in [4.69, 9.17) is 4.74 Å². The number of carbonyl (C=O) groups excluding carboxylic acids is 2. The number of hydrogen-bond acceptors (Lipinski definition) is 3. The minimum absolute atomic E-state index is 0.231. The molecule has 0 bridgehead atoms. The van der Waals surface area contributed by atoms with Crippen molar-refractivity contribution in [1.82, 2.24) is 10.2 Å². The van der Waals surface area contributed by atoms with Crippen molar-refractivity contribution in [3.63, 3.8) is 0 Å². The lowest BCUT2D eigenvalue weighted by Gasteiger charge is -2.33. The van der Waals surface area contributed by atoms with Gasteiger partial charge in [-0.2, -0.15) is 0 Å². The summed E-state index contributed by atoms with van der Waals surface area (Å²) in [5.41, 5.74) is 1.98. The van der Waals surface area contributed by atoms with Gasteiger partial charge in [-0.1, -0.05) is 18.2 Å². The van der Waals surface area contributed by atoms with Crippen molar-refractivity contribution in [2.75, 3.05) is 13.7 Å². The van der Waals surface area contributed by atoms with Gasteiger partial charge in [0.25, 0.3) is 0 Å². The zero-order chi connectivity index (χ0) is 15.6. The number of esters is 1. The molecule has 0 saturated carbocycles. The maximum absolute atomic E-state index is 12.3. The molecule has 5 nitrogen and oxygen atoms in total. The van der Waals surface area contributed by atoms with Crippen LogP contribution >= 0.6 is 22.6 Å². The highest BCUT2D eigenvalue weighted by atomic mass is 127. The van der Waals surface area contributed by atoms with Gasteiger partial charge < -0.3 is 15.0 Å². The molecule has 1 aromatic rings. The van der Waals surface area contributed by atoms with E-state index in [9.17, 15) is 9.59 Å². The summed E-state index contributed by atoms with van der Waals surface area (Å²) >= 11 is 2.20. The molecule has 1 N–H and O–H groups in total. The molecule has 1 aromatic carbocycles. The number of benzene rings is 1. The summed E-state index contributed by atoms with van der Waals surface area (Å²) in [6.45, 7) is 3.82. The molecular formula is C15H17IN2O3. The fraction of sp³-hybridized carbons (Fsp3) is 0.333. The third kappa shape index (κ3) is 3.04. The predicted molar refractivity (Wildman–Crippen MR) is 87.5 cm³/mol. The molecule has 0 saturated heterocycles. The minimum Gasteiger partial charge on any atom is -0.463 e. The fourth-order valence-corrected chi connectivity index (χ4v) is 2.95. The van der Waals surface area contributed by atoms with E-state index in [1.54, 1.807) is 20.9 Å². The van der Waals surface area contributed by atoms with Gasteiger partial charge >= 0.3 is 12.0 Å². The Kier molecular flexibility index (Phi) is 4.87. The molecule has 1 atom stereocenters. The van der Waals surface area contributed by atoms with Gasteiger partial charge in [-0.05, 0) is 48.1 Å². The van der Waals surface area contributed by atoms with Gasteiger partial charge in [0.2, 0.25) is 0 Å². The summed E-state index contributed by atoms with van der Waals surface area (Å²) in [5, 5.41) is 2.87. The first-order chi connectivity index (χ1) is 9.97. The van der Waals surface area contributed by atoms with E-state index in [-0.39, 0.29) is 6.03 Å². The van der Waals surface area contributed by atoms with Crippen LogP contribution in [-0.2, 0) is 9.53 Å². The first kappa shape index (κ1) is 15.8. The van der Waals surface area contributed by atoms with Crippen molar-refractivity contribution < 1.29 is 14.3 Å². The Bertz CT molecular complexity index is 613. The second kappa shape index (κ2) is 6.46. The van der Waals surface area contributed by atoms with E-state index in [1.165, 1.54) is 4.90 Å². The number of rotatable bonds is 3. The van der Waals surface area contributed by atoms with Crippen molar-refractivity contribution in [3.8, 4) is 0 Å². The molecule has 2 amide bonds. The van der Waals surface area contributed by atoms with Crippen LogP contribution in [0.25, 0.3) is 0 Å². The highest BCUT2D eigenvalue weighted by Gasteiger charge is 2.35. The van der Waals surface area contributed by atoms with Crippen molar-refractivity contribution in [3.05, 3.63) is 44.7 Å². The molecule has 1 aliphatic heterocycles. The Morgan fingerprint density at radius 1 is 1.43 bits per heavy atom. The molecule has 0 spiro atoms. The van der Waals surface area contributed by atoms with E-state index in [0.29, 0.717) is 17.9 Å². The third-order valence-electron chi connectivity index (χ3n) is 3.47. The maximum atomic E-state index is 12.3. The molecule has 21 heavy (non-hydrogen) atoms. The summed E-state index contributed by atoms with van der Waals surface area (Å²) in [6, 6.07) is 6.94. The maximum Gasteiger partial charge on any atom is 0.338 e. The van der Waals surface area contributed by atoms with E-state index in [0.717, 1.165) is 9.13 Å². The van der Waals surface area contributed by atoms with Gasteiger partial charge in [-0.3, -0.25) is 0 Å². The van der Waals surface area contributed by atoms with Crippen LogP contribution in [0.3, 0.4) is 0 Å². The third-order valence-corrected chi connectivity index (χ3v) is 4.45. The van der Waals surface area contributed by atoms with Crippen LogP contribution in [0.2, 0.25) is 0 Å². The van der Waals surface area contributed by atoms with Crippen LogP contribution in [-0.4, -0.2) is 30.6 Å². The zero-order valence-corrected chi connectivity index (χ0v) is 14.3. The minimum atomic E-state index is -0.485. The summed E-state index contributed by atoms with van der Waals surface area (Å²) in [7, 11) is 1.63. The van der Waals surface area contributed by atoms with Crippen LogP contribution in [0.4, 0.5) is 4.79 Å². The van der Waals surface area contributed by atoms with E-state index < -0.39 is 12.0 Å². The van der Waals surface area contributed by atoms with Crippen LogP contribution in [0.1, 0.15) is 25.5 Å². The number of hydrogen-bond donors (Lipinski definition) is 1. The van der Waals surface area contributed by atoms with Gasteiger partial charge in [0.05, 0.1) is 18.2 Å². The normalized spacial score (nSPS) is 18.6. The first-order valence-corrected chi connectivity index (χ1v) is 7.71. The summed E-state index contributed by atoms with van der Waals surface area (Å²) in [5.74, 6) is -0.397. The molecule has 0 aliphatic carbocycles. The number of carbonyl (C=O) groups is 2. The summed E-state index contributed by atoms with van der Waals surface area (Å²) in [6.07, 6.45) is 0. The fourth-order valence-electron chi connectivity index (χ4n) is 2.25. The number of halogens is 1. The molecule has 0 unspecified atom stereocenters. The lowest BCUT2D eigenvalue weighted by molar-refractivity contribution is -0.139. The van der Waals surface area contributed by atoms with Crippen LogP contribution < -0.4 is 5.32 Å².